The van der Waals surface area contributed by atoms with Gasteiger partial charge in [0.2, 0.25) is 11.9 Å². The number of rotatable bonds is 19. The van der Waals surface area contributed by atoms with Crippen LogP contribution in [0.4, 0.5) is 5.69 Å². The van der Waals surface area contributed by atoms with Gasteiger partial charge in [-0.15, -0.1) is 0 Å². The Morgan fingerprint density at radius 1 is 0.821 bits per heavy atom. The minimum absolute atomic E-state index is 0.0858. The van der Waals surface area contributed by atoms with Gasteiger partial charge in [0.15, 0.2) is 0 Å². The molecule has 0 heterocycles. The predicted octanol–water partition coefficient (Wildman–Crippen LogP) is -0.695. The molecule has 0 bridgehead atoms. The normalized spacial score (nSPS) is 12.7. The molecule has 39 heavy (non-hydrogen) atoms. The van der Waals surface area contributed by atoms with Crippen molar-refractivity contribution in [3.8, 4) is 0 Å². The average molecular weight is 619 g/mol. The van der Waals surface area contributed by atoms with Crippen LogP contribution in [0.3, 0.4) is 0 Å². The van der Waals surface area contributed by atoms with Crippen LogP contribution in [-0.4, -0.2) is 127 Å². The lowest BCUT2D eigenvalue weighted by molar-refractivity contribution is -0.152. The molecule has 16 heteroatoms. The van der Waals surface area contributed by atoms with Gasteiger partial charge < -0.3 is 30.8 Å². The molecule has 0 unspecified atom stereocenters. The lowest BCUT2D eigenvalue weighted by Crippen LogP contribution is -2.54. The van der Waals surface area contributed by atoms with Crippen LogP contribution in [0.5, 0.6) is 0 Å². The SMILES string of the molecule is C[C@H](CN(CC(=O)O)C[C@@H](Cc1ccc(NC(=O)CBr)cc1)N(CC(=O)O)CC(=O)O)NC(C(=O)O)C(=O)O. The monoisotopic (exact) mass is 618 g/mol. The minimum Gasteiger partial charge on any atom is -0.480 e. The molecule has 1 amide bonds. The van der Waals surface area contributed by atoms with E-state index in [0.29, 0.717) is 11.3 Å². The topological polar surface area (TPSA) is 234 Å². The van der Waals surface area contributed by atoms with Gasteiger partial charge in [-0.05, 0) is 31.0 Å². The third-order valence-corrected chi connectivity index (χ3v) is 5.84. The molecule has 0 spiro atoms. The van der Waals surface area contributed by atoms with E-state index in [0.717, 1.165) is 4.90 Å². The molecule has 1 aromatic carbocycles. The molecule has 2 atom stereocenters. The fourth-order valence-electron chi connectivity index (χ4n) is 3.83. The van der Waals surface area contributed by atoms with Crippen LogP contribution < -0.4 is 10.6 Å². The van der Waals surface area contributed by atoms with Gasteiger partial charge in [0.05, 0.1) is 25.0 Å². The van der Waals surface area contributed by atoms with Crippen molar-refractivity contribution in [1.82, 2.24) is 15.1 Å². The molecule has 0 fully saturated rings. The Labute approximate surface area is 231 Å². The third kappa shape index (κ3) is 13.2. The lowest BCUT2D eigenvalue weighted by atomic mass is 10.0. The molecule has 1 aromatic rings. The van der Waals surface area contributed by atoms with E-state index in [2.05, 4.69) is 26.6 Å². The molecule has 0 aromatic heterocycles. The summed E-state index contributed by atoms with van der Waals surface area (Å²) in [4.78, 5) is 71.1. The fourth-order valence-corrected chi connectivity index (χ4v) is 3.97. The van der Waals surface area contributed by atoms with Crippen LogP contribution in [-0.2, 0) is 35.2 Å². The molecule has 0 radical (unpaired) electrons. The van der Waals surface area contributed by atoms with Crippen molar-refractivity contribution < 1.29 is 54.3 Å². The summed E-state index contributed by atoms with van der Waals surface area (Å²) in [6.07, 6.45) is 0.0953. The highest BCUT2D eigenvalue weighted by molar-refractivity contribution is 9.09. The zero-order chi connectivity index (χ0) is 29.7. The first-order chi connectivity index (χ1) is 18.2. The van der Waals surface area contributed by atoms with Crippen molar-refractivity contribution >= 4 is 57.4 Å². The van der Waals surface area contributed by atoms with Gasteiger partial charge in [0.1, 0.15) is 0 Å². The summed E-state index contributed by atoms with van der Waals surface area (Å²) in [6.45, 7) is -0.735. The quantitative estimate of drug-likeness (QED) is 0.0750. The number of carbonyl (C=O) groups excluding carboxylic acids is 1. The van der Waals surface area contributed by atoms with Gasteiger partial charge in [0, 0.05) is 30.9 Å². The van der Waals surface area contributed by atoms with E-state index in [1.807, 2.05) is 0 Å². The zero-order valence-corrected chi connectivity index (χ0v) is 22.5. The number of amides is 1. The largest absolute Gasteiger partial charge is 0.480 e. The molecular weight excluding hydrogens is 588 g/mol. The van der Waals surface area contributed by atoms with Crippen molar-refractivity contribution in [1.29, 1.82) is 0 Å². The van der Waals surface area contributed by atoms with Crippen molar-refractivity contribution in [2.24, 2.45) is 0 Å². The summed E-state index contributed by atoms with van der Waals surface area (Å²) in [5, 5.41) is 51.5. The van der Waals surface area contributed by atoms with E-state index in [9.17, 15) is 44.1 Å². The lowest BCUT2D eigenvalue weighted by Gasteiger charge is -2.35. The van der Waals surface area contributed by atoms with Crippen LogP contribution in [0.2, 0.25) is 0 Å². The van der Waals surface area contributed by atoms with Crippen molar-refractivity contribution in [2.45, 2.75) is 31.5 Å². The number of hydrogen-bond acceptors (Lipinski definition) is 9. The second-order valence-electron chi connectivity index (χ2n) is 8.69. The van der Waals surface area contributed by atoms with E-state index >= 15 is 0 Å². The number of hydrogen-bond donors (Lipinski definition) is 7. The smallest absolute Gasteiger partial charge is 0.332 e. The molecule has 216 valence electrons. The average Bonchev–Trinajstić information content (AvgIpc) is 2.81. The fraction of sp³-hybridized carbons (Fsp3) is 0.478. The van der Waals surface area contributed by atoms with Crippen molar-refractivity contribution in [3.63, 3.8) is 0 Å². The Hall–Kier alpha value is -3.60. The summed E-state index contributed by atoms with van der Waals surface area (Å²) in [5.74, 6) is -7.43. The van der Waals surface area contributed by atoms with E-state index in [4.69, 9.17) is 10.2 Å². The molecule has 15 nitrogen and oxygen atoms in total. The molecule has 0 saturated carbocycles. The van der Waals surface area contributed by atoms with Gasteiger partial charge >= 0.3 is 29.8 Å². The van der Waals surface area contributed by atoms with Crippen LogP contribution in [0.15, 0.2) is 24.3 Å². The third-order valence-electron chi connectivity index (χ3n) is 5.33. The highest BCUT2D eigenvalue weighted by Gasteiger charge is 2.30. The Bertz CT molecular complexity index is 1010. The number of halogens is 1. The number of nitrogens with zero attached hydrogens (tertiary/aromatic N) is 2. The Kier molecular flexibility index (Phi) is 14.0. The standard InChI is InChI=1S/C23H31BrN4O11/c1-13(25-21(22(36)37)23(38)39)8-27(10-18(30)31)9-16(28(11-19(32)33)12-20(34)35)6-14-2-4-15(5-3-14)26-17(29)7-24/h2-5,13,16,21,25H,6-12H2,1H3,(H,26,29)(H,30,31)(H,32,33)(H,34,35)(H,36,37)(H,38,39)/t13-,16-/m1/s1. The zero-order valence-electron chi connectivity index (χ0n) is 20.9. The van der Waals surface area contributed by atoms with E-state index in [1.165, 1.54) is 11.8 Å². The predicted molar refractivity (Wildman–Crippen MR) is 139 cm³/mol. The van der Waals surface area contributed by atoms with E-state index in [1.54, 1.807) is 24.3 Å². The van der Waals surface area contributed by atoms with Gasteiger partial charge in [-0.2, -0.15) is 0 Å². The first-order valence-electron chi connectivity index (χ1n) is 11.5. The number of carboxylic acid groups (broad SMARTS) is 5. The second-order valence-corrected chi connectivity index (χ2v) is 9.25. The van der Waals surface area contributed by atoms with Crippen LogP contribution in [0, 0.1) is 0 Å². The maximum absolute atomic E-state index is 11.6. The molecular formula is C23H31BrN4O11. The maximum atomic E-state index is 11.6. The van der Waals surface area contributed by atoms with Crippen molar-refractivity contribution in [2.75, 3.05) is 43.4 Å². The Morgan fingerprint density at radius 2 is 1.33 bits per heavy atom. The first kappa shape index (κ1) is 33.4. The highest BCUT2D eigenvalue weighted by Crippen LogP contribution is 2.16. The molecule has 0 aliphatic heterocycles. The molecule has 1 rings (SSSR count). The molecule has 0 saturated heterocycles. The van der Waals surface area contributed by atoms with Gasteiger partial charge in [-0.25, -0.2) is 9.59 Å². The number of aliphatic carboxylic acids is 5. The molecule has 0 aliphatic carbocycles. The summed E-state index contributed by atoms with van der Waals surface area (Å²) in [5.41, 5.74) is 1.13. The van der Waals surface area contributed by atoms with Crippen LogP contribution >= 0.6 is 15.9 Å². The number of nitrogens with one attached hydrogen (secondary N) is 2. The number of benzene rings is 1. The second kappa shape index (κ2) is 16.4. The van der Waals surface area contributed by atoms with E-state index in [-0.39, 0.29) is 30.7 Å². The van der Waals surface area contributed by atoms with Gasteiger partial charge in [0.25, 0.3) is 0 Å². The van der Waals surface area contributed by atoms with Gasteiger partial charge in [-0.3, -0.25) is 34.3 Å². The summed E-state index contributed by atoms with van der Waals surface area (Å²) in [7, 11) is 0. The summed E-state index contributed by atoms with van der Waals surface area (Å²) >= 11 is 3.04. The number of carboxylic acids is 5. The number of alkyl halides is 1. The number of anilines is 1. The highest BCUT2D eigenvalue weighted by atomic mass is 79.9. The van der Waals surface area contributed by atoms with Gasteiger partial charge in [-0.1, -0.05) is 28.1 Å². The molecule has 7 N–H and O–H groups in total. The minimum atomic E-state index is -1.94. The summed E-state index contributed by atoms with van der Waals surface area (Å²) < 4.78 is 0. The molecule has 0 aliphatic rings. The van der Waals surface area contributed by atoms with Crippen molar-refractivity contribution in [3.05, 3.63) is 29.8 Å². The van der Waals surface area contributed by atoms with Crippen LogP contribution in [0.1, 0.15) is 12.5 Å². The van der Waals surface area contributed by atoms with Crippen LogP contribution in [0.25, 0.3) is 0 Å². The Morgan fingerprint density at radius 3 is 1.77 bits per heavy atom. The summed E-state index contributed by atoms with van der Waals surface area (Å²) in [6, 6.07) is 2.89. The maximum Gasteiger partial charge on any atom is 0.332 e. The Balaban J connectivity index is 3.26. The van der Waals surface area contributed by atoms with E-state index < -0.39 is 67.6 Å². The number of carbonyl (C=O) groups is 6. The first-order valence-corrected chi connectivity index (χ1v) is 12.6.